The van der Waals surface area contributed by atoms with Crippen LogP contribution < -0.4 is 5.43 Å². The summed E-state index contributed by atoms with van der Waals surface area (Å²) < 4.78 is 1.92. The van der Waals surface area contributed by atoms with Crippen molar-refractivity contribution in [2.75, 3.05) is 5.75 Å². The first-order chi connectivity index (χ1) is 12.0. The van der Waals surface area contributed by atoms with E-state index in [-0.39, 0.29) is 27.5 Å². The van der Waals surface area contributed by atoms with Crippen molar-refractivity contribution in [1.29, 1.82) is 0 Å². The largest absolute Gasteiger partial charge is 0.505 e. The molecule has 0 atom stereocenters. The van der Waals surface area contributed by atoms with Crippen molar-refractivity contribution in [3.8, 4) is 5.75 Å². The molecule has 3 aromatic rings. The predicted molar refractivity (Wildman–Crippen MR) is 104 cm³/mol. The van der Waals surface area contributed by atoms with Crippen molar-refractivity contribution in [2.45, 2.75) is 4.34 Å². The minimum absolute atomic E-state index is 0.117. The molecule has 3 rings (SSSR count). The van der Waals surface area contributed by atoms with Crippen LogP contribution in [-0.4, -0.2) is 28.0 Å². The zero-order chi connectivity index (χ0) is 17.8. The van der Waals surface area contributed by atoms with E-state index in [9.17, 15) is 9.90 Å². The molecule has 0 aliphatic heterocycles. The monoisotopic (exact) mass is 411 g/mol. The third kappa shape index (κ3) is 4.64. The lowest BCUT2D eigenvalue weighted by atomic mass is 10.2. The van der Waals surface area contributed by atoms with Gasteiger partial charge in [-0.15, -0.1) is 11.3 Å². The Morgan fingerprint density at radius 1 is 1.32 bits per heavy atom. The lowest BCUT2D eigenvalue weighted by Crippen LogP contribution is -2.19. The first kappa shape index (κ1) is 18.0. The van der Waals surface area contributed by atoms with Crippen LogP contribution in [0.15, 0.2) is 45.8 Å². The molecule has 1 heterocycles. The maximum absolute atomic E-state index is 11.8. The van der Waals surface area contributed by atoms with Gasteiger partial charge in [-0.25, -0.2) is 10.4 Å². The molecule has 0 saturated carbocycles. The molecule has 0 spiro atoms. The Balaban J connectivity index is 1.54. The number of rotatable bonds is 5. The quantitative estimate of drug-likeness (QED) is 0.366. The number of carbonyl (C=O) groups is 1. The van der Waals surface area contributed by atoms with Crippen molar-refractivity contribution < 1.29 is 9.90 Å². The highest BCUT2D eigenvalue weighted by Gasteiger charge is 2.08. The number of hydrogen-bond donors (Lipinski definition) is 2. The molecule has 1 aromatic heterocycles. The van der Waals surface area contributed by atoms with Crippen LogP contribution in [0.25, 0.3) is 10.2 Å². The van der Waals surface area contributed by atoms with Crippen molar-refractivity contribution in [3.63, 3.8) is 0 Å². The van der Waals surface area contributed by atoms with Gasteiger partial charge in [0.1, 0.15) is 0 Å². The van der Waals surface area contributed by atoms with E-state index in [1.165, 1.54) is 30.1 Å². The number of nitrogens with one attached hydrogen (secondary N) is 1. The number of hydrogen-bond acceptors (Lipinski definition) is 6. The summed E-state index contributed by atoms with van der Waals surface area (Å²) in [5, 5.41) is 13.6. The summed E-state index contributed by atoms with van der Waals surface area (Å²) in [5.41, 5.74) is 3.91. The maximum Gasteiger partial charge on any atom is 0.250 e. The molecule has 2 N–H and O–H groups in total. The van der Waals surface area contributed by atoms with Crippen molar-refractivity contribution in [2.24, 2.45) is 5.10 Å². The number of thiazole rings is 1. The fourth-order valence-electron chi connectivity index (χ4n) is 1.91. The number of aromatic hydroxyl groups is 1. The van der Waals surface area contributed by atoms with Gasteiger partial charge in [0.2, 0.25) is 0 Å². The molecule has 5 nitrogen and oxygen atoms in total. The van der Waals surface area contributed by atoms with E-state index in [4.69, 9.17) is 23.2 Å². The lowest BCUT2D eigenvalue weighted by molar-refractivity contribution is -0.118. The number of carbonyl (C=O) groups excluding carboxylic acids is 1. The number of thioether (sulfide) groups is 1. The van der Waals surface area contributed by atoms with Gasteiger partial charge in [0.05, 0.1) is 32.2 Å². The standard InChI is InChI=1S/C16H11Cl2N3O2S2/c17-10-5-9(6-11(18)15(10)23)7-19-21-14(22)8-24-16-20-12-3-1-2-4-13(12)25-16/h1-7,23H,8H2,(H,21,22). The number of fused-ring (bicyclic) bond motifs is 1. The van der Waals surface area contributed by atoms with Gasteiger partial charge in [0.25, 0.3) is 5.91 Å². The van der Waals surface area contributed by atoms with Gasteiger partial charge in [-0.3, -0.25) is 4.79 Å². The first-order valence-electron chi connectivity index (χ1n) is 7.01. The zero-order valence-corrected chi connectivity index (χ0v) is 15.7. The third-order valence-corrected chi connectivity index (χ3v) is 5.80. The van der Waals surface area contributed by atoms with E-state index in [0.29, 0.717) is 5.56 Å². The van der Waals surface area contributed by atoms with Crippen molar-refractivity contribution >= 4 is 68.6 Å². The average molecular weight is 412 g/mol. The highest BCUT2D eigenvalue weighted by Crippen LogP contribution is 2.32. The number of nitrogens with zero attached hydrogens (tertiary/aromatic N) is 2. The minimum Gasteiger partial charge on any atom is -0.505 e. The van der Waals surface area contributed by atoms with Gasteiger partial charge in [0, 0.05) is 0 Å². The van der Waals surface area contributed by atoms with E-state index in [1.54, 1.807) is 11.3 Å². The van der Waals surface area contributed by atoms with Crippen molar-refractivity contribution in [1.82, 2.24) is 10.4 Å². The molecule has 0 aliphatic carbocycles. The summed E-state index contributed by atoms with van der Waals surface area (Å²) in [4.78, 5) is 16.3. The van der Waals surface area contributed by atoms with Gasteiger partial charge in [-0.2, -0.15) is 5.10 Å². The van der Waals surface area contributed by atoms with Crippen LogP contribution in [0.4, 0.5) is 0 Å². The van der Waals surface area contributed by atoms with Gasteiger partial charge in [0.15, 0.2) is 10.1 Å². The highest BCUT2D eigenvalue weighted by atomic mass is 35.5. The van der Waals surface area contributed by atoms with Gasteiger partial charge < -0.3 is 5.11 Å². The maximum atomic E-state index is 11.8. The van der Waals surface area contributed by atoms with Crippen LogP contribution in [0.3, 0.4) is 0 Å². The molecule has 0 saturated heterocycles. The molecule has 1 amide bonds. The second-order valence-electron chi connectivity index (χ2n) is 4.86. The fourth-order valence-corrected chi connectivity index (χ4v) is 4.28. The molecule has 0 unspecified atom stereocenters. The van der Waals surface area contributed by atoms with Gasteiger partial charge in [-0.05, 0) is 29.8 Å². The van der Waals surface area contributed by atoms with E-state index < -0.39 is 0 Å². The Bertz CT molecular complexity index is 903. The number of phenols is 1. The van der Waals surface area contributed by atoms with Crippen molar-refractivity contribution in [3.05, 3.63) is 52.0 Å². The summed E-state index contributed by atoms with van der Waals surface area (Å²) in [6.45, 7) is 0. The summed E-state index contributed by atoms with van der Waals surface area (Å²) in [6, 6.07) is 10.8. The third-order valence-electron chi connectivity index (χ3n) is 3.04. The average Bonchev–Trinajstić information content (AvgIpc) is 3.01. The number of para-hydroxylation sites is 1. The molecule has 0 fully saturated rings. The van der Waals surface area contributed by atoms with Gasteiger partial charge in [-0.1, -0.05) is 47.1 Å². The minimum atomic E-state index is -0.253. The molecule has 128 valence electrons. The van der Waals surface area contributed by atoms with Crippen LogP contribution in [-0.2, 0) is 4.79 Å². The summed E-state index contributed by atoms with van der Waals surface area (Å²) in [6.07, 6.45) is 1.40. The molecule has 9 heteroatoms. The van der Waals surface area contributed by atoms with Crippen LogP contribution in [0, 0.1) is 0 Å². The second-order valence-corrected chi connectivity index (χ2v) is 7.93. The SMILES string of the molecule is O=C(CSc1nc2ccccc2s1)NN=Cc1cc(Cl)c(O)c(Cl)c1. The number of amides is 1. The number of hydrazone groups is 1. The molecule has 0 radical (unpaired) electrons. The first-order valence-corrected chi connectivity index (χ1v) is 9.57. The smallest absolute Gasteiger partial charge is 0.250 e. The van der Waals surface area contributed by atoms with Crippen LogP contribution >= 0.6 is 46.3 Å². The number of benzene rings is 2. The zero-order valence-electron chi connectivity index (χ0n) is 12.6. The summed E-state index contributed by atoms with van der Waals surface area (Å²) >= 11 is 14.5. The lowest BCUT2D eigenvalue weighted by Gasteiger charge is -2.01. The fraction of sp³-hybridized carbons (Fsp3) is 0.0625. The predicted octanol–water partition coefficient (Wildman–Crippen LogP) is 4.55. The number of phenolic OH excluding ortho intramolecular Hbond substituents is 1. The molecule has 2 aromatic carbocycles. The van der Waals surface area contributed by atoms with E-state index >= 15 is 0 Å². The molecule has 0 bridgehead atoms. The number of halogens is 2. The van der Waals surface area contributed by atoms with Crippen LogP contribution in [0.1, 0.15) is 5.56 Å². The van der Waals surface area contributed by atoms with E-state index in [0.717, 1.165) is 14.6 Å². The van der Waals surface area contributed by atoms with E-state index in [1.807, 2.05) is 24.3 Å². The Kier molecular flexibility index (Phi) is 5.80. The highest BCUT2D eigenvalue weighted by molar-refractivity contribution is 8.01. The number of aromatic nitrogens is 1. The van der Waals surface area contributed by atoms with E-state index in [2.05, 4.69) is 15.5 Å². The van der Waals surface area contributed by atoms with Crippen LogP contribution in [0.2, 0.25) is 10.0 Å². The summed E-state index contributed by atoms with van der Waals surface area (Å²) in [7, 11) is 0. The normalized spacial score (nSPS) is 11.3. The Labute approximate surface area is 161 Å². The molecule has 0 aliphatic rings. The Hall–Kier alpha value is -1.80. The molecular weight excluding hydrogens is 401 g/mol. The topological polar surface area (TPSA) is 74.6 Å². The molecule has 25 heavy (non-hydrogen) atoms. The Morgan fingerprint density at radius 2 is 2.04 bits per heavy atom. The Morgan fingerprint density at radius 3 is 2.76 bits per heavy atom. The second kappa shape index (κ2) is 8.05. The van der Waals surface area contributed by atoms with Crippen LogP contribution in [0.5, 0.6) is 5.75 Å². The summed E-state index contributed by atoms with van der Waals surface area (Å²) in [5.74, 6) is -0.234. The van der Waals surface area contributed by atoms with Gasteiger partial charge >= 0.3 is 0 Å². The molecular formula is C16H11Cl2N3O2S2.